The molecule has 3 aromatic rings. The molecule has 0 saturated carbocycles. The van der Waals surface area contributed by atoms with Crippen LogP contribution in [0.3, 0.4) is 0 Å². The normalized spacial score (nSPS) is 13.1. The van der Waals surface area contributed by atoms with Gasteiger partial charge in [-0.05, 0) is 43.2 Å². The molecular weight excluding hydrogens is 298 g/mol. The summed E-state index contributed by atoms with van der Waals surface area (Å²) in [5.41, 5.74) is 6.27. The quantitative estimate of drug-likeness (QED) is 0.783. The van der Waals surface area contributed by atoms with E-state index in [2.05, 4.69) is 69.7 Å². The number of hydrogen-bond acceptors (Lipinski definition) is 4. The summed E-state index contributed by atoms with van der Waals surface area (Å²) in [6.07, 6.45) is 4.46. The van der Waals surface area contributed by atoms with Crippen molar-refractivity contribution in [3.05, 3.63) is 66.2 Å². The summed E-state index contributed by atoms with van der Waals surface area (Å²) in [5.74, 6) is 0. The molecule has 0 fully saturated rings. The van der Waals surface area contributed by atoms with E-state index in [1.54, 1.807) is 12.7 Å². The Bertz CT molecular complexity index is 808. The van der Waals surface area contributed by atoms with E-state index in [-0.39, 0.29) is 0 Å². The van der Waals surface area contributed by atoms with E-state index in [4.69, 9.17) is 0 Å². The predicted molar refractivity (Wildman–Crippen MR) is 96.8 cm³/mol. The van der Waals surface area contributed by atoms with Gasteiger partial charge in [-0.25, -0.2) is 4.98 Å². The van der Waals surface area contributed by atoms with Crippen LogP contribution in [0.1, 0.15) is 11.1 Å². The maximum Gasteiger partial charge on any atom is 0.137 e. The monoisotopic (exact) mass is 319 g/mol. The van der Waals surface area contributed by atoms with Crippen LogP contribution in [0.2, 0.25) is 0 Å². The molecule has 122 valence electrons. The first-order valence-electron chi connectivity index (χ1n) is 8.32. The van der Waals surface area contributed by atoms with Gasteiger partial charge in [0, 0.05) is 30.2 Å². The van der Waals surface area contributed by atoms with E-state index in [1.165, 1.54) is 16.8 Å². The summed E-state index contributed by atoms with van der Waals surface area (Å²) >= 11 is 0. The minimum atomic E-state index is 0.856. The standard InChI is InChI=1S/C19H21N5/c1-15-2-5-17(6-3-15)22-18-7-4-16-8-9-23(19(16)12-18)10-11-24-14-20-13-21-24/h2-7,12-14,22H,8-11H2,1H3. The lowest BCUT2D eigenvalue weighted by molar-refractivity contribution is 0.601. The summed E-state index contributed by atoms with van der Waals surface area (Å²) in [4.78, 5) is 6.43. The Morgan fingerprint density at radius 1 is 1.04 bits per heavy atom. The number of anilines is 3. The molecule has 0 radical (unpaired) electrons. The average molecular weight is 319 g/mol. The van der Waals surface area contributed by atoms with Crippen LogP contribution in [0, 0.1) is 6.92 Å². The van der Waals surface area contributed by atoms with Crippen molar-refractivity contribution in [2.75, 3.05) is 23.3 Å². The molecule has 0 bridgehead atoms. The zero-order valence-corrected chi connectivity index (χ0v) is 13.8. The van der Waals surface area contributed by atoms with E-state index >= 15 is 0 Å². The lowest BCUT2D eigenvalue weighted by atomic mass is 10.1. The van der Waals surface area contributed by atoms with Gasteiger partial charge < -0.3 is 10.2 Å². The van der Waals surface area contributed by atoms with Crippen LogP contribution in [-0.4, -0.2) is 27.9 Å². The average Bonchev–Trinajstić information content (AvgIpc) is 3.24. The fourth-order valence-electron chi connectivity index (χ4n) is 3.13. The molecule has 2 heterocycles. The molecule has 5 heteroatoms. The maximum atomic E-state index is 4.18. The molecule has 2 aromatic carbocycles. The number of aromatic nitrogens is 3. The topological polar surface area (TPSA) is 46.0 Å². The van der Waals surface area contributed by atoms with Crippen LogP contribution in [0.5, 0.6) is 0 Å². The second-order valence-corrected chi connectivity index (χ2v) is 6.23. The second-order valence-electron chi connectivity index (χ2n) is 6.23. The van der Waals surface area contributed by atoms with Crippen molar-refractivity contribution in [3.8, 4) is 0 Å². The van der Waals surface area contributed by atoms with Crippen LogP contribution in [0.4, 0.5) is 17.1 Å². The molecule has 1 aliphatic rings. The first-order chi connectivity index (χ1) is 11.8. The molecule has 0 atom stereocenters. The van der Waals surface area contributed by atoms with Crippen molar-refractivity contribution in [2.45, 2.75) is 19.9 Å². The summed E-state index contributed by atoms with van der Waals surface area (Å²) in [5, 5.41) is 7.68. The third kappa shape index (κ3) is 3.11. The van der Waals surface area contributed by atoms with Crippen molar-refractivity contribution in [3.63, 3.8) is 0 Å². The molecule has 1 aromatic heterocycles. The molecule has 0 spiro atoms. The number of nitrogens with one attached hydrogen (secondary N) is 1. The zero-order chi connectivity index (χ0) is 16.4. The fourth-order valence-corrected chi connectivity index (χ4v) is 3.13. The number of nitrogens with zero attached hydrogens (tertiary/aromatic N) is 4. The minimum absolute atomic E-state index is 0.856. The zero-order valence-electron chi connectivity index (χ0n) is 13.8. The van der Waals surface area contributed by atoms with Crippen molar-refractivity contribution in [2.24, 2.45) is 0 Å². The summed E-state index contributed by atoms with van der Waals surface area (Å²) in [6, 6.07) is 15.1. The molecule has 1 aliphatic heterocycles. The van der Waals surface area contributed by atoms with Gasteiger partial charge in [0.25, 0.3) is 0 Å². The largest absolute Gasteiger partial charge is 0.369 e. The van der Waals surface area contributed by atoms with Gasteiger partial charge in [-0.3, -0.25) is 4.68 Å². The first-order valence-corrected chi connectivity index (χ1v) is 8.32. The number of aryl methyl sites for hydroxylation is 1. The fraction of sp³-hybridized carbons (Fsp3) is 0.263. The van der Waals surface area contributed by atoms with E-state index in [1.807, 2.05) is 4.68 Å². The Morgan fingerprint density at radius 3 is 2.67 bits per heavy atom. The van der Waals surface area contributed by atoms with Crippen molar-refractivity contribution >= 4 is 17.1 Å². The van der Waals surface area contributed by atoms with Crippen LogP contribution >= 0.6 is 0 Å². The van der Waals surface area contributed by atoms with E-state index in [0.29, 0.717) is 0 Å². The van der Waals surface area contributed by atoms with Crippen LogP contribution in [-0.2, 0) is 13.0 Å². The predicted octanol–water partition coefficient (Wildman–Crippen LogP) is 3.39. The highest BCUT2D eigenvalue weighted by molar-refractivity contribution is 5.69. The Hall–Kier alpha value is -2.82. The molecule has 0 saturated heterocycles. The van der Waals surface area contributed by atoms with E-state index in [9.17, 15) is 0 Å². The Labute approximate surface area is 142 Å². The van der Waals surface area contributed by atoms with Crippen LogP contribution < -0.4 is 10.2 Å². The third-order valence-electron chi connectivity index (χ3n) is 4.48. The van der Waals surface area contributed by atoms with Gasteiger partial charge in [0.05, 0.1) is 6.54 Å². The van der Waals surface area contributed by atoms with Gasteiger partial charge >= 0.3 is 0 Å². The van der Waals surface area contributed by atoms with Crippen LogP contribution in [0.25, 0.3) is 0 Å². The summed E-state index contributed by atoms with van der Waals surface area (Å²) in [7, 11) is 0. The van der Waals surface area contributed by atoms with Crippen LogP contribution in [0.15, 0.2) is 55.1 Å². The Kier molecular flexibility index (Phi) is 3.91. The van der Waals surface area contributed by atoms with E-state index < -0.39 is 0 Å². The molecule has 4 rings (SSSR count). The lowest BCUT2D eigenvalue weighted by Crippen LogP contribution is -2.25. The minimum Gasteiger partial charge on any atom is -0.369 e. The third-order valence-corrected chi connectivity index (χ3v) is 4.48. The number of rotatable bonds is 5. The molecule has 1 N–H and O–H groups in total. The highest BCUT2D eigenvalue weighted by atomic mass is 15.3. The Morgan fingerprint density at radius 2 is 1.88 bits per heavy atom. The number of fused-ring (bicyclic) bond motifs is 1. The van der Waals surface area contributed by atoms with Crippen molar-refractivity contribution < 1.29 is 0 Å². The van der Waals surface area contributed by atoms with Crippen molar-refractivity contribution in [1.29, 1.82) is 0 Å². The Balaban J connectivity index is 1.49. The molecule has 0 aliphatic carbocycles. The SMILES string of the molecule is Cc1ccc(Nc2ccc3c(c2)N(CCn2cncn2)CC3)cc1. The van der Waals surface area contributed by atoms with Gasteiger partial charge in [-0.15, -0.1) is 0 Å². The molecular formula is C19H21N5. The smallest absolute Gasteiger partial charge is 0.137 e. The van der Waals surface area contributed by atoms with Gasteiger partial charge in [0.1, 0.15) is 12.7 Å². The van der Waals surface area contributed by atoms with Gasteiger partial charge in [-0.2, -0.15) is 5.10 Å². The highest BCUT2D eigenvalue weighted by Gasteiger charge is 2.19. The molecule has 24 heavy (non-hydrogen) atoms. The first kappa shape index (κ1) is 14.8. The summed E-state index contributed by atoms with van der Waals surface area (Å²) in [6.45, 7) is 4.98. The van der Waals surface area contributed by atoms with E-state index in [0.717, 1.165) is 37.4 Å². The maximum absolute atomic E-state index is 4.18. The summed E-state index contributed by atoms with van der Waals surface area (Å²) < 4.78 is 1.88. The molecule has 0 amide bonds. The number of hydrogen-bond donors (Lipinski definition) is 1. The van der Waals surface area contributed by atoms with Crippen molar-refractivity contribution in [1.82, 2.24) is 14.8 Å². The lowest BCUT2D eigenvalue weighted by Gasteiger charge is -2.20. The van der Waals surface area contributed by atoms with Gasteiger partial charge in [0.2, 0.25) is 0 Å². The second kappa shape index (κ2) is 6.35. The van der Waals surface area contributed by atoms with Gasteiger partial charge in [-0.1, -0.05) is 23.8 Å². The molecule has 0 unspecified atom stereocenters. The van der Waals surface area contributed by atoms with Gasteiger partial charge in [0.15, 0.2) is 0 Å². The molecule has 5 nitrogen and oxygen atoms in total. The number of benzene rings is 2. The highest BCUT2D eigenvalue weighted by Crippen LogP contribution is 2.31.